The van der Waals surface area contributed by atoms with Gasteiger partial charge in [0.15, 0.2) is 0 Å². The SMILES string of the molecule is Cc1nn(-c2ccc(F)cc2)c(C)c1CC(=O)N(C)CC(=O)O. The summed E-state index contributed by atoms with van der Waals surface area (Å²) in [7, 11) is 1.45. The number of carbonyl (C=O) groups excluding carboxylic acids is 1. The van der Waals surface area contributed by atoms with Crippen LogP contribution in [0, 0.1) is 19.7 Å². The van der Waals surface area contributed by atoms with Crippen LogP contribution in [0.4, 0.5) is 4.39 Å². The predicted molar refractivity (Wildman–Crippen MR) is 82.0 cm³/mol. The van der Waals surface area contributed by atoms with Crippen molar-refractivity contribution in [2.75, 3.05) is 13.6 Å². The van der Waals surface area contributed by atoms with Gasteiger partial charge in [0.2, 0.25) is 5.91 Å². The molecule has 1 aromatic heterocycles. The van der Waals surface area contributed by atoms with E-state index in [0.717, 1.165) is 16.2 Å². The molecule has 7 heteroatoms. The maximum atomic E-state index is 13.0. The van der Waals surface area contributed by atoms with Crippen LogP contribution in [0.2, 0.25) is 0 Å². The van der Waals surface area contributed by atoms with Crippen molar-refractivity contribution in [2.24, 2.45) is 0 Å². The third-order valence-electron chi connectivity index (χ3n) is 3.64. The molecular formula is C16H18FN3O3. The van der Waals surface area contributed by atoms with Crippen LogP contribution in [0.25, 0.3) is 5.69 Å². The van der Waals surface area contributed by atoms with Gasteiger partial charge in [-0.15, -0.1) is 0 Å². The van der Waals surface area contributed by atoms with Crippen molar-refractivity contribution in [3.8, 4) is 5.69 Å². The van der Waals surface area contributed by atoms with Crippen molar-refractivity contribution in [1.82, 2.24) is 14.7 Å². The summed E-state index contributed by atoms with van der Waals surface area (Å²) < 4.78 is 14.7. The van der Waals surface area contributed by atoms with E-state index in [1.165, 1.54) is 19.2 Å². The molecule has 0 aliphatic heterocycles. The van der Waals surface area contributed by atoms with E-state index in [2.05, 4.69) is 5.10 Å². The van der Waals surface area contributed by atoms with Gasteiger partial charge < -0.3 is 10.0 Å². The lowest BCUT2D eigenvalue weighted by molar-refractivity contribution is -0.143. The summed E-state index contributed by atoms with van der Waals surface area (Å²) in [6.07, 6.45) is 0.0721. The van der Waals surface area contributed by atoms with Gasteiger partial charge >= 0.3 is 5.97 Å². The molecule has 2 rings (SSSR count). The number of rotatable bonds is 5. The number of carbonyl (C=O) groups is 2. The molecule has 0 spiro atoms. The highest BCUT2D eigenvalue weighted by atomic mass is 19.1. The minimum Gasteiger partial charge on any atom is -0.480 e. The number of amides is 1. The second kappa shape index (κ2) is 6.60. The summed E-state index contributed by atoms with van der Waals surface area (Å²) in [5, 5.41) is 13.1. The molecule has 0 aliphatic rings. The lowest BCUT2D eigenvalue weighted by Gasteiger charge is -2.14. The van der Waals surface area contributed by atoms with E-state index < -0.39 is 5.97 Å². The Bertz CT molecular complexity index is 738. The minimum atomic E-state index is -1.06. The fourth-order valence-electron chi connectivity index (χ4n) is 2.34. The number of nitrogens with zero attached hydrogens (tertiary/aromatic N) is 3. The Balaban J connectivity index is 2.26. The molecule has 0 radical (unpaired) electrons. The zero-order valence-electron chi connectivity index (χ0n) is 13.2. The van der Waals surface area contributed by atoms with Crippen molar-refractivity contribution in [1.29, 1.82) is 0 Å². The Hall–Kier alpha value is -2.70. The van der Waals surface area contributed by atoms with Crippen LogP contribution in [0.3, 0.4) is 0 Å². The van der Waals surface area contributed by atoms with Crippen LogP contribution in [-0.4, -0.2) is 45.3 Å². The molecule has 0 unspecified atom stereocenters. The molecule has 23 heavy (non-hydrogen) atoms. The molecule has 1 aromatic carbocycles. The first-order valence-corrected chi connectivity index (χ1v) is 7.06. The van der Waals surface area contributed by atoms with Crippen molar-refractivity contribution < 1.29 is 19.1 Å². The average Bonchev–Trinajstić information content (AvgIpc) is 2.75. The molecule has 0 atom stereocenters. The monoisotopic (exact) mass is 319 g/mol. The van der Waals surface area contributed by atoms with Gasteiger partial charge in [-0.05, 0) is 38.1 Å². The molecule has 0 bridgehead atoms. The van der Waals surface area contributed by atoms with E-state index in [4.69, 9.17) is 5.11 Å². The summed E-state index contributed by atoms with van der Waals surface area (Å²) >= 11 is 0. The van der Waals surface area contributed by atoms with Gasteiger partial charge in [0.1, 0.15) is 12.4 Å². The van der Waals surface area contributed by atoms with E-state index in [9.17, 15) is 14.0 Å². The highest BCUT2D eigenvalue weighted by Crippen LogP contribution is 2.19. The first-order chi connectivity index (χ1) is 10.8. The van der Waals surface area contributed by atoms with Crippen LogP contribution < -0.4 is 0 Å². The Morgan fingerprint density at radius 3 is 2.43 bits per heavy atom. The Labute approximate surface area is 133 Å². The molecule has 0 aliphatic carbocycles. The molecule has 2 aromatic rings. The lowest BCUT2D eigenvalue weighted by Crippen LogP contribution is -2.33. The van der Waals surface area contributed by atoms with Crippen LogP contribution in [0.15, 0.2) is 24.3 Å². The topological polar surface area (TPSA) is 75.4 Å². The molecule has 1 N–H and O–H groups in total. The van der Waals surface area contributed by atoms with Crippen molar-refractivity contribution in [3.63, 3.8) is 0 Å². The molecule has 0 saturated heterocycles. The number of carboxylic acids is 1. The van der Waals surface area contributed by atoms with Crippen LogP contribution in [-0.2, 0) is 16.0 Å². The fraction of sp³-hybridized carbons (Fsp3) is 0.312. The highest BCUT2D eigenvalue weighted by molar-refractivity contribution is 5.83. The second-order valence-corrected chi connectivity index (χ2v) is 5.36. The molecule has 1 heterocycles. The first-order valence-electron chi connectivity index (χ1n) is 7.06. The number of benzene rings is 1. The van der Waals surface area contributed by atoms with Gasteiger partial charge in [-0.3, -0.25) is 9.59 Å². The lowest BCUT2D eigenvalue weighted by atomic mass is 10.1. The van der Waals surface area contributed by atoms with Crippen LogP contribution >= 0.6 is 0 Å². The summed E-state index contributed by atoms with van der Waals surface area (Å²) in [5.41, 5.74) is 2.90. The molecular weight excluding hydrogens is 301 g/mol. The Kier molecular flexibility index (Phi) is 4.78. The van der Waals surface area contributed by atoms with Gasteiger partial charge in [-0.1, -0.05) is 0 Å². The number of aliphatic carboxylic acids is 1. The normalized spacial score (nSPS) is 10.6. The standard InChI is InChI=1S/C16H18FN3O3/c1-10-14(8-15(21)19(3)9-16(22)23)11(2)20(18-10)13-6-4-12(17)5-7-13/h4-7H,8-9H2,1-3H3,(H,22,23). The Morgan fingerprint density at radius 1 is 1.26 bits per heavy atom. The van der Waals surface area contributed by atoms with Crippen molar-refractivity contribution >= 4 is 11.9 Å². The maximum Gasteiger partial charge on any atom is 0.323 e. The van der Waals surface area contributed by atoms with E-state index >= 15 is 0 Å². The number of hydrogen-bond donors (Lipinski definition) is 1. The number of likely N-dealkylation sites (N-methyl/N-ethyl adjacent to an activating group) is 1. The zero-order chi connectivity index (χ0) is 17.1. The van der Waals surface area contributed by atoms with Gasteiger partial charge in [-0.2, -0.15) is 5.10 Å². The van der Waals surface area contributed by atoms with Crippen molar-refractivity contribution in [2.45, 2.75) is 20.3 Å². The average molecular weight is 319 g/mol. The number of carboxylic acid groups (broad SMARTS) is 1. The van der Waals surface area contributed by atoms with E-state index in [1.54, 1.807) is 23.7 Å². The number of aryl methyl sites for hydroxylation is 1. The molecule has 122 valence electrons. The van der Waals surface area contributed by atoms with Gasteiger partial charge in [0, 0.05) is 18.3 Å². The summed E-state index contributed by atoms with van der Waals surface area (Å²) in [4.78, 5) is 24.0. The van der Waals surface area contributed by atoms with Gasteiger partial charge in [0.25, 0.3) is 0 Å². The van der Waals surface area contributed by atoms with E-state index in [-0.39, 0.29) is 24.7 Å². The number of hydrogen-bond acceptors (Lipinski definition) is 3. The molecule has 6 nitrogen and oxygen atoms in total. The van der Waals surface area contributed by atoms with Crippen LogP contribution in [0.1, 0.15) is 17.0 Å². The van der Waals surface area contributed by atoms with E-state index in [0.29, 0.717) is 11.4 Å². The maximum absolute atomic E-state index is 13.0. The summed E-state index contributed by atoms with van der Waals surface area (Å²) in [6.45, 7) is 3.26. The van der Waals surface area contributed by atoms with Gasteiger partial charge in [-0.25, -0.2) is 9.07 Å². The number of aromatic nitrogens is 2. The largest absolute Gasteiger partial charge is 0.480 e. The van der Waals surface area contributed by atoms with E-state index in [1.807, 2.05) is 6.92 Å². The predicted octanol–water partition coefficient (Wildman–Crippen LogP) is 1.71. The second-order valence-electron chi connectivity index (χ2n) is 5.36. The summed E-state index contributed by atoms with van der Waals surface area (Å²) in [6, 6.07) is 5.91. The third-order valence-corrected chi connectivity index (χ3v) is 3.64. The van der Waals surface area contributed by atoms with Gasteiger partial charge in [0.05, 0.1) is 17.8 Å². The quantitative estimate of drug-likeness (QED) is 0.910. The third kappa shape index (κ3) is 3.74. The fourth-order valence-corrected chi connectivity index (χ4v) is 2.34. The minimum absolute atomic E-state index is 0.0721. The van der Waals surface area contributed by atoms with Crippen molar-refractivity contribution in [3.05, 3.63) is 47.0 Å². The molecule has 0 saturated carbocycles. The molecule has 0 fully saturated rings. The molecule has 1 amide bonds. The first kappa shape index (κ1) is 16.7. The summed E-state index contributed by atoms with van der Waals surface area (Å²) in [5.74, 6) is -1.69. The zero-order valence-corrected chi connectivity index (χ0v) is 13.2. The van der Waals surface area contributed by atoms with Crippen LogP contribution in [0.5, 0.6) is 0 Å². The smallest absolute Gasteiger partial charge is 0.323 e. The highest BCUT2D eigenvalue weighted by Gasteiger charge is 2.19. The number of halogens is 1. The Morgan fingerprint density at radius 2 is 1.87 bits per heavy atom.